The van der Waals surface area contributed by atoms with E-state index >= 15 is 0 Å². The van der Waals surface area contributed by atoms with E-state index in [9.17, 15) is 4.39 Å². The minimum Gasteiger partial charge on any atom is -0.497 e. The van der Waals surface area contributed by atoms with E-state index in [4.69, 9.17) is 17.0 Å². The molecule has 33 heavy (non-hydrogen) atoms. The van der Waals surface area contributed by atoms with Crippen LogP contribution in [-0.4, -0.2) is 31.8 Å². The molecule has 0 saturated carbocycles. The lowest BCUT2D eigenvalue weighted by Gasteiger charge is -2.10. The molecule has 0 saturated heterocycles. The van der Waals surface area contributed by atoms with E-state index in [0.717, 1.165) is 39.6 Å². The fraction of sp³-hybridized carbons (Fsp3) is 0.208. The summed E-state index contributed by atoms with van der Waals surface area (Å²) in [6, 6.07) is 14.3. The summed E-state index contributed by atoms with van der Waals surface area (Å²) < 4.78 is 22.1. The standard InChI is InChI=1S/C24H25FN6OS/c1-16-23(17(2)31(29-16)14-19-5-4-6-22(11-19)32-3)28-24(33)27-21-12-26-30(15-21)13-18-7-9-20(25)10-8-18/h4-12,15H,13-14H2,1-3H3,(H2,27,28,33). The highest BCUT2D eigenvalue weighted by molar-refractivity contribution is 7.80. The molecule has 0 aliphatic carbocycles. The van der Waals surface area contributed by atoms with Gasteiger partial charge in [0.15, 0.2) is 5.11 Å². The largest absolute Gasteiger partial charge is 0.497 e. The van der Waals surface area contributed by atoms with Crippen molar-refractivity contribution in [2.45, 2.75) is 26.9 Å². The molecule has 7 nitrogen and oxygen atoms in total. The van der Waals surface area contributed by atoms with Gasteiger partial charge >= 0.3 is 0 Å². The zero-order valence-corrected chi connectivity index (χ0v) is 19.5. The van der Waals surface area contributed by atoms with Gasteiger partial charge in [-0.2, -0.15) is 10.2 Å². The number of thiocarbonyl (C=S) groups is 1. The van der Waals surface area contributed by atoms with E-state index in [2.05, 4.69) is 20.8 Å². The second kappa shape index (κ2) is 9.83. The van der Waals surface area contributed by atoms with Crippen molar-refractivity contribution in [1.82, 2.24) is 19.6 Å². The molecule has 0 spiro atoms. The molecule has 0 amide bonds. The highest BCUT2D eigenvalue weighted by Gasteiger charge is 2.14. The lowest BCUT2D eigenvalue weighted by Crippen LogP contribution is -2.19. The van der Waals surface area contributed by atoms with Crippen molar-refractivity contribution in [1.29, 1.82) is 0 Å². The normalized spacial score (nSPS) is 10.8. The summed E-state index contributed by atoms with van der Waals surface area (Å²) in [5, 5.41) is 15.9. The van der Waals surface area contributed by atoms with Crippen molar-refractivity contribution in [3.63, 3.8) is 0 Å². The summed E-state index contributed by atoms with van der Waals surface area (Å²) in [6.07, 6.45) is 3.55. The molecule has 4 aromatic rings. The number of rotatable bonds is 7. The van der Waals surface area contributed by atoms with Gasteiger partial charge in [-0.05, 0) is 61.5 Å². The summed E-state index contributed by atoms with van der Waals surface area (Å²) in [4.78, 5) is 0. The molecule has 9 heteroatoms. The maximum absolute atomic E-state index is 13.1. The number of aromatic nitrogens is 4. The van der Waals surface area contributed by atoms with Crippen molar-refractivity contribution in [2.24, 2.45) is 0 Å². The maximum Gasteiger partial charge on any atom is 0.175 e. The Morgan fingerprint density at radius 3 is 2.61 bits per heavy atom. The minimum atomic E-state index is -0.254. The maximum atomic E-state index is 13.1. The monoisotopic (exact) mass is 464 g/mol. The zero-order chi connectivity index (χ0) is 23.4. The molecule has 0 radical (unpaired) electrons. The van der Waals surface area contributed by atoms with Crippen LogP contribution in [0.4, 0.5) is 15.8 Å². The van der Waals surface area contributed by atoms with Gasteiger partial charge in [-0.1, -0.05) is 24.3 Å². The number of benzene rings is 2. The molecule has 0 atom stereocenters. The Kier molecular flexibility index (Phi) is 6.69. The number of nitrogens with zero attached hydrogens (tertiary/aromatic N) is 4. The topological polar surface area (TPSA) is 68.9 Å². The van der Waals surface area contributed by atoms with E-state index in [1.54, 1.807) is 30.1 Å². The Balaban J connectivity index is 1.39. The van der Waals surface area contributed by atoms with Gasteiger partial charge in [0.05, 0.1) is 49.2 Å². The molecule has 2 aromatic carbocycles. The van der Waals surface area contributed by atoms with Crippen molar-refractivity contribution in [2.75, 3.05) is 17.7 Å². The Bertz CT molecular complexity index is 1260. The van der Waals surface area contributed by atoms with Crippen LogP contribution in [0.1, 0.15) is 22.5 Å². The number of halogens is 1. The highest BCUT2D eigenvalue weighted by Crippen LogP contribution is 2.22. The highest BCUT2D eigenvalue weighted by atomic mass is 32.1. The lowest BCUT2D eigenvalue weighted by molar-refractivity contribution is 0.414. The summed E-state index contributed by atoms with van der Waals surface area (Å²) in [7, 11) is 1.66. The SMILES string of the molecule is COc1cccc(Cn2nc(C)c(NC(=S)Nc3cnn(Cc4ccc(F)cc4)c3)c2C)c1. The number of anilines is 2. The Labute approximate surface area is 197 Å². The van der Waals surface area contributed by atoms with Crippen molar-refractivity contribution < 1.29 is 9.13 Å². The van der Waals surface area contributed by atoms with Gasteiger partial charge in [0, 0.05) is 6.20 Å². The van der Waals surface area contributed by atoms with Gasteiger partial charge in [0.1, 0.15) is 11.6 Å². The Morgan fingerprint density at radius 2 is 1.85 bits per heavy atom. The van der Waals surface area contributed by atoms with Crippen molar-refractivity contribution in [3.8, 4) is 5.75 Å². The van der Waals surface area contributed by atoms with Crippen LogP contribution in [0.5, 0.6) is 5.75 Å². The van der Waals surface area contributed by atoms with Gasteiger partial charge in [-0.15, -0.1) is 0 Å². The van der Waals surface area contributed by atoms with Crippen LogP contribution in [0, 0.1) is 19.7 Å². The molecule has 0 fully saturated rings. The second-order valence-electron chi connectivity index (χ2n) is 7.69. The first-order valence-electron chi connectivity index (χ1n) is 10.4. The molecule has 0 aliphatic heterocycles. The minimum absolute atomic E-state index is 0.254. The summed E-state index contributed by atoms with van der Waals surface area (Å²) in [5.74, 6) is 0.563. The molecule has 170 valence electrons. The predicted molar refractivity (Wildman–Crippen MR) is 131 cm³/mol. The molecule has 0 bridgehead atoms. The van der Waals surface area contributed by atoms with E-state index in [1.807, 2.05) is 49.0 Å². The summed E-state index contributed by atoms with van der Waals surface area (Å²) >= 11 is 5.51. The van der Waals surface area contributed by atoms with Crippen molar-refractivity contribution >= 4 is 28.7 Å². The van der Waals surface area contributed by atoms with Crippen LogP contribution in [0.15, 0.2) is 60.9 Å². The third kappa shape index (κ3) is 5.56. The molecule has 0 unspecified atom stereocenters. The van der Waals surface area contributed by atoms with Crippen LogP contribution >= 0.6 is 12.2 Å². The Hall–Kier alpha value is -3.72. The van der Waals surface area contributed by atoms with Crippen LogP contribution < -0.4 is 15.4 Å². The number of ether oxygens (including phenoxy) is 1. The molecular weight excluding hydrogens is 439 g/mol. The van der Waals surface area contributed by atoms with Gasteiger partial charge in [-0.3, -0.25) is 9.36 Å². The molecule has 2 N–H and O–H groups in total. The third-order valence-electron chi connectivity index (χ3n) is 5.24. The van der Waals surface area contributed by atoms with E-state index in [1.165, 1.54) is 12.1 Å². The van der Waals surface area contributed by atoms with Crippen LogP contribution in [0.3, 0.4) is 0 Å². The summed E-state index contributed by atoms with van der Waals surface area (Å²) in [5.41, 5.74) is 5.52. The predicted octanol–water partition coefficient (Wildman–Crippen LogP) is 4.75. The molecular formula is C24H25FN6OS. The second-order valence-corrected chi connectivity index (χ2v) is 8.10. The lowest BCUT2D eigenvalue weighted by atomic mass is 10.2. The number of methoxy groups -OCH3 is 1. The third-order valence-corrected chi connectivity index (χ3v) is 5.44. The fourth-order valence-electron chi connectivity index (χ4n) is 3.54. The molecule has 4 rings (SSSR count). The number of hydrogen-bond donors (Lipinski definition) is 2. The first-order valence-corrected chi connectivity index (χ1v) is 10.8. The van der Waals surface area contributed by atoms with E-state index in [-0.39, 0.29) is 5.82 Å². The molecule has 0 aliphatic rings. The van der Waals surface area contributed by atoms with Gasteiger partial charge in [-0.25, -0.2) is 4.39 Å². The van der Waals surface area contributed by atoms with Gasteiger partial charge < -0.3 is 15.4 Å². The van der Waals surface area contributed by atoms with E-state index in [0.29, 0.717) is 18.2 Å². The Morgan fingerprint density at radius 1 is 1.06 bits per heavy atom. The number of hydrogen-bond acceptors (Lipinski definition) is 4. The fourth-order valence-corrected chi connectivity index (χ4v) is 3.76. The van der Waals surface area contributed by atoms with E-state index < -0.39 is 0 Å². The molecule has 2 aromatic heterocycles. The average Bonchev–Trinajstić information content (AvgIpc) is 3.34. The smallest absolute Gasteiger partial charge is 0.175 e. The van der Waals surface area contributed by atoms with Gasteiger partial charge in [0.2, 0.25) is 0 Å². The first kappa shape index (κ1) is 22.5. The first-order chi connectivity index (χ1) is 15.9. The zero-order valence-electron chi connectivity index (χ0n) is 18.7. The quantitative estimate of drug-likeness (QED) is 0.385. The average molecular weight is 465 g/mol. The van der Waals surface area contributed by atoms with Crippen LogP contribution in [0.2, 0.25) is 0 Å². The van der Waals surface area contributed by atoms with Crippen molar-refractivity contribution in [3.05, 3.63) is 89.3 Å². The number of nitrogens with one attached hydrogen (secondary N) is 2. The van der Waals surface area contributed by atoms with Gasteiger partial charge in [0.25, 0.3) is 0 Å². The van der Waals surface area contributed by atoms with Crippen LogP contribution in [-0.2, 0) is 13.1 Å². The van der Waals surface area contributed by atoms with Crippen LogP contribution in [0.25, 0.3) is 0 Å². The summed E-state index contributed by atoms with van der Waals surface area (Å²) in [6.45, 7) is 5.12. The molecule has 2 heterocycles. The number of aryl methyl sites for hydroxylation is 1.